The molecule has 5 nitrogen and oxygen atoms in total. The Labute approximate surface area is 171 Å². The van der Waals surface area contributed by atoms with Crippen LogP contribution in [0.4, 0.5) is 0 Å². The highest BCUT2D eigenvalue weighted by Crippen LogP contribution is 2.21. The molecule has 2 amide bonds. The molecular formula is C20H29Cl2N3O2. The summed E-state index contributed by atoms with van der Waals surface area (Å²) in [7, 11) is 0. The summed E-state index contributed by atoms with van der Waals surface area (Å²) in [6.45, 7) is 10.1. The van der Waals surface area contributed by atoms with Crippen molar-refractivity contribution in [2.45, 2.75) is 58.7 Å². The number of hydrogen-bond donors (Lipinski definition) is 2. The molecule has 1 heterocycles. The van der Waals surface area contributed by atoms with E-state index < -0.39 is 6.04 Å². The van der Waals surface area contributed by atoms with Crippen LogP contribution in [-0.4, -0.2) is 47.9 Å². The summed E-state index contributed by atoms with van der Waals surface area (Å²) in [4.78, 5) is 27.8. The third-order valence-corrected chi connectivity index (χ3v) is 5.57. The van der Waals surface area contributed by atoms with Crippen molar-refractivity contribution in [3.63, 3.8) is 0 Å². The molecule has 1 aromatic carbocycles. The minimum atomic E-state index is -0.618. The molecule has 1 saturated heterocycles. The van der Waals surface area contributed by atoms with Crippen molar-refractivity contribution < 1.29 is 9.59 Å². The molecule has 0 aromatic heterocycles. The number of rotatable bonds is 6. The first kappa shape index (κ1) is 22.0. The SMILES string of the molecule is CC(C)[C@@H](NC(=O)c1ccc(Cl)cc1Cl)C(=O)NC1CCN(C(C)C)CC1. The lowest BCUT2D eigenvalue weighted by atomic mass is 9.99. The van der Waals surface area contributed by atoms with Crippen LogP contribution < -0.4 is 10.6 Å². The van der Waals surface area contributed by atoms with Crippen molar-refractivity contribution in [2.24, 2.45) is 5.92 Å². The van der Waals surface area contributed by atoms with Gasteiger partial charge in [0.05, 0.1) is 10.6 Å². The van der Waals surface area contributed by atoms with E-state index in [2.05, 4.69) is 29.4 Å². The van der Waals surface area contributed by atoms with Crippen molar-refractivity contribution in [1.82, 2.24) is 15.5 Å². The van der Waals surface area contributed by atoms with Gasteiger partial charge >= 0.3 is 0 Å². The summed E-state index contributed by atoms with van der Waals surface area (Å²) in [5, 5.41) is 6.65. The van der Waals surface area contributed by atoms with Crippen LogP contribution in [0.2, 0.25) is 10.0 Å². The Kier molecular flexibility index (Phi) is 7.95. The predicted octanol–water partition coefficient (Wildman–Crippen LogP) is 3.74. The van der Waals surface area contributed by atoms with Crippen molar-refractivity contribution in [3.8, 4) is 0 Å². The molecule has 2 rings (SSSR count). The molecule has 2 N–H and O–H groups in total. The lowest BCUT2D eigenvalue weighted by Gasteiger charge is -2.35. The van der Waals surface area contributed by atoms with E-state index in [1.165, 1.54) is 6.07 Å². The van der Waals surface area contributed by atoms with Gasteiger partial charge in [0.25, 0.3) is 5.91 Å². The molecule has 7 heteroatoms. The van der Waals surface area contributed by atoms with E-state index in [1.54, 1.807) is 12.1 Å². The summed E-state index contributed by atoms with van der Waals surface area (Å²) in [6.07, 6.45) is 1.84. The van der Waals surface area contributed by atoms with E-state index in [9.17, 15) is 9.59 Å². The molecule has 0 spiro atoms. The highest BCUT2D eigenvalue weighted by atomic mass is 35.5. The summed E-state index contributed by atoms with van der Waals surface area (Å²) in [5.74, 6) is -0.567. The van der Waals surface area contributed by atoms with Crippen LogP contribution in [0.3, 0.4) is 0 Å². The number of carbonyl (C=O) groups excluding carboxylic acids is 2. The highest BCUT2D eigenvalue weighted by molar-refractivity contribution is 6.36. The largest absolute Gasteiger partial charge is 0.351 e. The summed E-state index contributed by atoms with van der Waals surface area (Å²) < 4.78 is 0. The Morgan fingerprint density at radius 1 is 1.11 bits per heavy atom. The van der Waals surface area contributed by atoms with Crippen molar-refractivity contribution in [3.05, 3.63) is 33.8 Å². The Morgan fingerprint density at radius 3 is 2.26 bits per heavy atom. The van der Waals surface area contributed by atoms with Gasteiger partial charge in [0.15, 0.2) is 0 Å². The quantitative estimate of drug-likeness (QED) is 0.746. The van der Waals surface area contributed by atoms with E-state index in [-0.39, 0.29) is 28.8 Å². The zero-order valence-electron chi connectivity index (χ0n) is 16.4. The second-order valence-electron chi connectivity index (χ2n) is 7.73. The molecular weight excluding hydrogens is 385 g/mol. The van der Waals surface area contributed by atoms with Gasteiger partial charge in [-0.05, 0) is 50.8 Å². The van der Waals surface area contributed by atoms with E-state index in [4.69, 9.17) is 23.2 Å². The second kappa shape index (κ2) is 9.76. The average molecular weight is 414 g/mol. The van der Waals surface area contributed by atoms with Crippen molar-refractivity contribution >= 4 is 35.0 Å². The van der Waals surface area contributed by atoms with Crippen LogP contribution in [0.25, 0.3) is 0 Å². The number of halogens is 2. The number of carbonyl (C=O) groups is 2. The first-order valence-electron chi connectivity index (χ1n) is 9.49. The van der Waals surface area contributed by atoms with Gasteiger partial charge in [-0.15, -0.1) is 0 Å². The van der Waals surface area contributed by atoms with E-state index in [0.29, 0.717) is 16.6 Å². The molecule has 1 aliphatic heterocycles. The van der Waals surface area contributed by atoms with Gasteiger partial charge in [0, 0.05) is 30.2 Å². The van der Waals surface area contributed by atoms with Crippen LogP contribution in [0, 0.1) is 5.92 Å². The van der Waals surface area contributed by atoms with Crippen LogP contribution in [-0.2, 0) is 4.79 Å². The first-order chi connectivity index (χ1) is 12.7. The average Bonchev–Trinajstić information content (AvgIpc) is 2.59. The molecule has 27 heavy (non-hydrogen) atoms. The summed E-state index contributed by atoms with van der Waals surface area (Å²) in [5.41, 5.74) is 0.310. The van der Waals surface area contributed by atoms with Gasteiger partial charge in [-0.2, -0.15) is 0 Å². The molecule has 0 saturated carbocycles. The highest BCUT2D eigenvalue weighted by Gasteiger charge is 2.29. The van der Waals surface area contributed by atoms with Crippen molar-refractivity contribution in [2.75, 3.05) is 13.1 Å². The Balaban J connectivity index is 1.98. The van der Waals surface area contributed by atoms with Gasteiger partial charge in [0.1, 0.15) is 6.04 Å². The lowest BCUT2D eigenvalue weighted by Crippen LogP contribution is -2.54. The second-order valence-corrected chi connectivity index (χ2v) is 8.58. The van der Waals surface area contributed by atoms with Gasteiger partial charge < -0.3 is 15.5 Å². The lowest BCUT2D eigenvalue weighted by molar-refractivity contribution is -0.125. The number of nitrogens with one attached hydrogen (secondary N) is 2. The number of hydrogen-bond acceptors (Lipinski definition) is 3. The number of nitrogens with zero attached hydrogens (tertiary/aromatic N) is 1. The Hall–Kier alpha value is -1.30. The van der Waals surface area contributed by atoms with Gasteiger partial charge in [-0.1, -0.05) is 37.0 Å². The third kappa shape index (κ3) is 6.09. The molecule has 0 unspecified atom stereocenters. The number of piperidine rings is 1. The standard InChI is InChI=1S/C20H29Cl2N3O2/c1-12(2)18(24-19(26)16-6-5-14(21)11-17(16)22)20(27)23-15-7-9-25(10-8-15)13(3)4/h5-6,11-13,15,18H,7-10H2,1-4H3,(H,23,27)(H,24,26)/t18-/m1/s1. The first-order valence-corrected chi connectivity index (χ1v) is 10.2. The third-order valence-electron chi connectivity index (χ3n) is 5.02. The fourth-order valence-corrected chi connectivity index (χ4v) is 3.77. The van der Waals surface area contributed by atoms with Crippen LogP contribution in [0.15, 0.2) is 18.2 Å². The minimum Gasteiger partial charge on any atom is -0.351 e. The molecule has 1 atom stereocenters. The van der Waals surface area contributed by atoms with Gasteiger partial charge in [0.2, 0.25) is 5.91 Å². The number of amides is 2. The van der Waals surface area contributed by atoms with E-state index >= 15 is 0 Å². The van der Waals surface area contributed by atoms with Crippen molar-refractivity contribution in [1.29, 1.82) is 0 Å². The Morgan fingerprint density at radius 2 is 1.74 bits per heavy atom. The molecule has 1 fully saturated rings. The topological polar surface area (TPSA) is 61.4 Å². The maximum Gasteiger partial charge on any atom is 0.253 e. The summed E-state index contributed by atoms with van der Waals surface area (Å²) >= 11 is 12.0. The predicted molar refractivity (Wildman–Crippen MR) is 110 cm³/mol. The van der Waals surface area contributed by atoms with E-state index in [0.717, 1.165) is 25.9 Å². The molecule has 0 aliphatic carbocycles. The maximum absolute atomic E-state index is 12.8. The fraction of sp³-hybridized carbons (Fsp3) is 0.600. The van der Waals surface area contributed by atoms with Gasteiger partial charge in [-0.25, -0.2) is 0 Å². The molecule has 1 aliphatic rings. The van der Waals surface area contributed by atoms with Crippen LogP contribution in [0.5, 0.6) is 0 Å². The fourth-order valence-electron chi connectivity index (χ4n) is 3.28. The number of likely N-dealkylation sites (tertiary alicyclic amines) is 1. The Bertz CT molecular complexity index is 671. The van der Waals surface area contributed by atoms with Crippen LogP contribution >= 0.6 is 23.2 Å². The minimum absolute atomic E-state index is 0.0456. The number of benzene rings is 1. The normalized spacial score (nSPS) is 17.2. The zero-order chi connectivity index (χ0) is 20.1. The maximum atomic E-state index is 12.8. The van der Waals surface area contributed by atoms with Gasteiger partial charge in [-0.3, -0.25) is 9.59 Å². The molecule has 1 aromatic rings. The molecule has 150 valence electrons. The summed E-state index contributed by atoms with van der Waals surface area (Å²) in [6, 6.07) is 4.74. The zero-order valence-corrected chi connectivity index (χ0v) is 17.9. The van der Waals surface area contributed by atoms with E-state index in [1.807, 2.05) is 13.8 Å². The molecule has 0 radical (unpaired) electrons. The smallest absolute Gasteiger partial charge is 0.253 e. The monoisotopic (exact) mass is 413 g/mol. The van der Waals surface area contributed by atoms with Crippen LogP contribution in [0.1, 0.15) is 50.9 Å². The molecule has 0 bridgehead atoms.